The van der Waals surface area contributed by atoms with Crippen LogP contribution in [0.5, 0.6) is 5.75 Å². The number of ether oxygens (including phenoxy) is 1. The zero-order valence-corrected chi connectivity index (χ0v) is 13.0. The minimum atomic E-state index is -0.712. The first kappa shape index (κ1) is 17.4. The molecule has 1 atom stereocenters. The number of nitro benzene ring substituents is 1. The number of rotatable bonds is 8. The van der Waals surface area contributed by atoms with Crippen molar-refractivity contribution in [2.45, 2.75) is 39.7 Å². The van der Waals surface area contributed by atoms with E-state index in [1.54, 1.807) is 0 Å². The number of hydrogen-bond acceptors (Lipinski definition) is 4. The van der Waals surface area contributed by atoms with Gasteiger partial charge >= 0.3 is 0 Å². The average Bonchev–Trinajstić information content (AvgIpc) is 2.43. The highest BCUT2D eigenvalue weighted by Gasteiger charge is 2.23. The van der Waals surface area contributed by atoms with Crippen LogP contribution in [-0.4, -0.2) is 24.6 Å². The van der Waals surface area contributed by atoms with Gasteiger partial charge in [-0.2, -0.15) is 0 Å². The Morgan fingerprint density at radius 3 is 2.57 bits per heavy atom. The zero-order chi connectivity index (χ0) is 16.0. The lowest BCUT2D eigenvalue weighted by atomic mass is 9.95. The van der Waals surface area contributed by atoms with Gasteiger partial charge in [-0.15, -0.1) is 0 Å². The molecule has 21 heavy (non-hydrogen) atoms. The first-order valence-electron chi connectivity index (χ1n) is 7.14. The van der Waals surface area contributed by atoms with E-state index in [4.69, 9.17) is 4.74 Å². The van der Waals surface area contributed by atoms with Crippen LogP contribution in [0.2, 0.25) is 0 Å². The Hall–Kier alpha value is -1.69. The Morgan fingerprint density at radius 1 is 1.43 bits per heavy atom. The molecule has 118 valence electrons. The second-order valence-electron chi connectivity index (χ2n) is 5.38. The number of benzene rings is 1. The summed E-state index contributed by atoms with van der Waals surface area (Å²) in [5.74, 6) is -0.364. The summed E-state index contributed by atoms with van der Waals surface area (Å²) in [7, 11) is 1.35. The molecule has 0 spiro atoms. The summed E-state index contributed by atoms with van der Waals surface area (Å²) in [6, 6.07) is 2.46. The van der Waals surface area contributed by atoms with E-state index >= 15 is 0 Å². The molecule has 1 aromatic carbocycles. The summed E-state index contributed by atoms with van der Waals surface area (Å²) >= 11 is 0. The fourth-order valence-electron chi connectivity index (χ4n) is 2.19. The predicted octanol–water partition coefficient (Wildman–Crippen LogP) is 3.31. The van der Waals surface area contributed by atoms with Crippen molar-refractivity contribution in [1.29, 1.82) is 0 Å². The average molecular weight is 298 g/mol. The number of nitrogens with zero attached hydrogens (tertiary/aromatic N) is 1. The fraction of sp³-hybridized carbons (Fsp3) is 0.600. The molecule has 0 bridgehead atoms. The van der Waals surface area contributed by atoms with Gasteiger partial charge in [-0.3, -0.25) is 10.1 Å². The van der Waals surface area contributed by atoms with E-state index in [0.29, 0.717) is 17.9 Å². The van der Waals surface area contributed by atoms with E-state index in [2.05, 4.69) is 26.1 Å². The van der Waals surface area contributed by atoms with E-state index in [-0.39, 0.29) is 17.5 Å². The Labute approximate surface area is 124 Å². The maximum atomic E-state index is 13.6. The number of hydrogen-bond donors (Lipinski definition) is 1. The Kier molecular flexibility index (Phi) is 6.55. The van der Waals surface area contributed by atoms with Crippen molar-refractivity contribution in [3.8, 4) is 5.75 Å². The Morgan fingerprint density at radius 2 is 2.10 bits per heavy atom. The second kappa shape index (κ2) is 7.93. The van der Waals surface area contributed by atoms with Crippen LogP contribution in [0, 0.1) is 21.8 Å². The molecule has 6 heteroatoms. The van der Waals surface area contributed by atoms with Crippen LogP contribution in [0.25, 0.3) is 0 Å². The van der Waals surface area contributed by atoms with Gasteiger partial charge in [-0.1, -0.05) is 20.8 Å². The highest BCUT2D eigenvalue weighted by molar-refractivity contribution is 5.46. The minimum Gasteiger partial charge on any atom is -0.494 e. The van der Waals surface area contributed by atoms with E-state index in [0.717, 1.165) is 19.0 Å². The predicted molar refractivity (Wildman–Crippen MR) is 80.2 cm³/mol. The van der Waals surface area contributed by atoms with Gasteiger partial charge in [0.1, 0.15) is 0 Å². The van der Waals surface area contributed by atoms with E-state index in [9.17, 15) is 14.5 Å². The molecular formula is C15H23FN2O3. The molecule has 5 nitrogen and oxygen atoms in total. The first-order valence-corrected chi connectivity index (χ1v) is 7.14. The molecule has 0 aliphatic carbocycles. The third-order valence-corrected chi connectivity index (χ3v) is 3.45. The van der Waals surface area contributed by atoms with Gasteiger partial charge in [-0.25, -0.2) is 4.39 Å². The van der Waals surface area contributed by atoms with Crippen molar-refractivity contribution < 1.29 is 14.1 Å². The molecule has 1 unspecified atom stereocenters. The summed E-state index contributed by atoms with van der Waals surface area (Å²) in [4.78, 5) is 10.6. The molecule has 1 rings (SSSR count). The standard InChI is InChI=1S/C15H23FN2O3/c1-5-6-17-13(10(2)3)7-11-8-15(21-4)12(16)9-14(11)18(19)20/h8-10,13,17H,5-7H2,1-4H3. The zero-order valence-electron chi connectivity index (χ0n) is 13.0. The molecule has 0 heterocycles. The number of halogens is 1. The summed E-state index contributed by atoms with van der Waals surface area (Å²) in [5.41, 5.74) is 0.290. The summed E-state index contributed by atoms with van der Waals surface area (Å²) < 4.78 is 18.6. The molecule has 0 amide bonds. The van der Waals surface area contributed by atoms with Gasteiger partial charge in [0.2, 0.25) is 0 Å². The fourth-order valence-corrected chi connectivity index (χ4v) is 2.19. The maximum Gasteiger partial charge on any atom is 0.275 e. The van der Waals surface area contributed by atoms with Crippen molar-refractivity contribution in [2.75, 3.05) is 13.7 Å². The number of methoxy groups -OCH3 is 1. The summed E-state index contributed by atoms with van der Waals surface area (Å²) in [5, 5.41) is 14.5. The van der Waals surface area contributed by atoms with Crippen LogP contribution in [-0.2, 0) is 6.42 Å². The highest BCUT2D eigenvalue weighted by atomic mass is 19.1. The molecule has 0 saturated carbocycles. The molecule has 0 aliphatic heterocycles. The smallest absolute Gasteiger partial charge is 0.275 e. The lowest BCUT2D eigenvalue weighted by molar-refractivity contribution is -0.385. The molecule has 0 aliphatic rings. The minimum absolute atomic E-state index is 0.0357. The third kappa shape index (κ3) is 4.67. The van der Waals surface area contributed by atoms with Gasteiger partial charge in [0, 0.05) is 11.6 Å². The van der Waals surface area contributed by atoms with E-state index in [1.165, 1.54) is 13.2 Å². The molecule has 0 saturated heterocycles. The largest absolute Gasteiger partial charge is 0.494 e. The molecule has 0 radical (unpaired) electrons. The van der Waals surface area contributed by atoms with Crippen molar-refractivity contribution in [1.82, 2.24) is 5.32 Å². The Balaban J connectivity index is 3.10. The van der Waals surface area contributed by atoms with Crippen molar-refractivity contribution in [3.63, 3.8) is 0 Å². The summed E-state index contributed by atoms with van der Waals surface area (Å²) in [6.07, 6.45) is 1.45. The van der Waals surface area contributed by atoms with Crippen LogP contribution in [0.15, 0.2) is 12.1 Å². The van der Waals surface area contributed by atoms with Crippen molar-refractivity contribution in [3.05, 3.63) is 33.6 Å². The van der Waals surface area contributed by atoms with Gasteiger partial charge in [0.25, 0.3) is 5.69 Å². The normalized spacial score (nSPS) is 12.5. The van der Waals surface area contributed by atoms with Crippen molar-refractivity contribution in [2.24, 2.45) is 5.92 Å². The topological polar surface area (TPSA) is 64.4 Å². The van der Waals surface area contributed by atoms with Gasteiger partial charge in [0.15, 0.2) is 11.6 Å². The number of nitrogens with one attached hydrogen (secondary N) is 1. The molecule has 0 aromatic heterocycles. The monoisotopic (exact) mass is 298 g/mol. The highest BCUT2D eigenvalue weighted by Crippen LogP contribution is 2.29. The third-order valence-electron chi connectivity index (χ3n) is 3.45. The SMILES string of the molecule is CCCNC(Cc1cc(OC)c(F)cc1[N+](=O)[O-])C(C)C. The van der Waals surface area contributed by atoms with Crippen LogP contribution in [0.3, 0.4) is 0 Å². The lowest BCUT2D eigenvalue weighted by Gasteiger charge is -2.22. The maximum absolute atomic E-state index is 13.6. The van der Waals surface area contributed by atoms with Crippen LogP contribution in [0.1, 0.15) is 32.8 Å². The lowest BCUT2D eigenvalue weighted by Crippen LogP contribution is -2.36. The van der Waals surface area contributed by atoms with Gasteiger partial charge < -0.3 is 10.1 Å². The molecular weight excluding hydrogens is 275 g/mol. The Bertz CT molecular complexity index is 492. The van der Waals surface area contributed by atoms with Crippen LogP contribution < -0.4 is 10.1 Å². The molecule has 1 N–H and O–H groups in total. The molecule has 0 fully saturated rings. The second-order valence-corrected chi connectivity index (χ2v) is 5.38. The number of nitro groups is 1. The summed E-state index contributed by atoms with van der Waals surface area (Å²) in [6.45, 7) is 7.02. The molecule has 1 aromatic rings. The van der Waals surface area contributed by atoms with Crippen molar-refractivity contribution >= 4 is 5.69 Å². The van der Waals surface area contributed by atoms with E-state index < -0.39 is 10.7 Å². The first-order chi connectivity index (χ1) is 9.90. The van der Waals surface area contributed by atoms with Gasteiger partial charge in [-0.05, 0) is 31.4 Å². The van der Waals surface area contributed by atoms with Crippen LogP contribution in [0.4, 0.5) is 10.1 Å². The van der Waals surface area contributed by atoms with Crippen LogP contribution >= 0.6 is 0 Å². The quantitative estimate of drug-likeness (QED) is 0.590. The van der Waals surface area contributed by atoms with Gasteiger partial charge in [0.05, 0.1) is 18.1 Å². The van der Waals surface area contributed by atoms with E-state index in [1.807, 2.05) is 0 Å².